The second-order valence-corrected chi connectivity index (χ2v) is 9.08. The van der Waals surface area contributed by atoms with Crippen molar-refractivity contribution in [1.29, 1.82) is 0 Å². The van der Waals surface area contributed by atoms with Gasteiger partial charge in [0.15, 0.2) is 0 Å². The molecule has 6 nitrogen and oxygen atoms in total. The van der Waals surface area contributed by atoms with Crippen molar-refractivity contribution in [1.82, 2.24) is 19.7 Å². The summed E-state index contributed by atoms with van der Waals surface area (Å²) in [5.41, 5.74) is 8.10. The molecule has 6 heteroatoms. The van der Waals surface area contributed by atoms with Crippen LogP contribution in [0.4, 0.5) is 0 Å². The molecule has 0 unspecified atom stereocenters. The molecular weight excluding hydrogens is 460 g/mol. The second kappa shape index (κ2) is 11.1. The van der Waals surface area contributed by atoms with E-state index in [1.54, 1.807) is 13.3 Å². The molecule has 0 saturated heterocycles. The topological polar surface area (TPSA) is 68.5 Å². The molecule has 186 valence electrons. The van der Waals surface area contributed by atoms with Gasteiger partial charge in [-0.25, -0.2) is 4.98 Å². The van der Waals surface area contributed by atoms with Crippen molar-refractivity contribution in [3.8, 4) is 28.1 Å². The van der Waals surface area contributed by atoms with Gasteiger partial charge in [0.05, 0.1) is 18.5 Å². The largest absolute Gasteiger partial charge is 0.497 e. The van der Waals surface area contributed by atoms with Crippen LogP contribution >= 0.6 is 0 Å². The van der Waals surface area contributed by atoms with E-state index in [9.17, 15) is 4.79 Å². The van der Waals surface area contributed by atoms with E-state index in [4.69, 9.17) is 9.72 Å². The Morgan fingerprint density at radius 1 is 0.919 bits per heavy atom. The Balaban J connectivity index is 1.43. The fourth-order valence-electron chi connectivity index (χ4n) is 4.53. The minimum absolute atomic E-state index is 0.0114. The number of benzene rings is 2. The molecule has 3 aromatic heterocycles. The van der Waals surface area contributed by atoms with E-state index in [-0.39, 0.29) is 5.91 Å². The van der Waals surface area contributed by atoms with E-state index in [0.717, 1.165) is 45.2 Å². The zero-order valence-corrected chi connectivity index (χ0v) is 21.1. The molecule has 1 N–H and O–H groups in total. The summed E-state index contributed by atoms with van der Waals surface area (Å²) < 4.78 is 7.57. The number of nitrogens with zero attached hydrogens (tertiary/aromatic N) is 3. The summed E-state index contributed by atoms with van der Waals surface area (Å²) in [7, 11) is 1.66. The van der Waals surface area contributed by atoms with Gasteiger partial charge in [0.1, 0.15) is 11.4 Å². The number of carbonyl (C=O) groups excluding carboxylic acids is 1. The highest BCUT2D eigenvalue weighted by atomic mass is 16.5. The Bertz CT molecular complexity index is 1530. The van der Waals surface area contributed by atoms with Gasteiger partial charge in [-0.3, -0.25) is 9.78 Å². The maximum atomic E-state index is 12.8. The Labute approximate surface area is 217 Å². The van der Waals surface area contributed by atoms with E-state index in [1.165, 1.54) is 5.56 Å². The normalized spacial score (nSPS) is 11.0. The molecule has 0 bridgehead atoms. The molecule has 0 radical (unpaired) electrons. The molecule has 0 spiro atoms. The van der Waals surface area contributed by atoms with Crippen LogP contribution < -0.4 is 10.1 Å². The lowest BCUT2D eigenvalue weighted by Crippen LogP contribution is -2.26. The molecular formula is C31H30N4O2. The minimum Gasteiger partial charge on any atom is -0.497 e. The lowest BCUT2D eigenvalue weighted by atomic mass is 10.0. The number of carbonyl (C=O) groups is 1. The standard InChI is InChI=1S/C31H30N4O2/c1-22-7-5-8-23(19-22)25-12-14-29-34-31(24-9-6-11-27(20-24)37-2)28(35(29)21-25)13-15-30(36)33-18-16-26-10-3-4-17-32-26/h3-12,14,17,19-21H,13,15-16,18H2,1-2H3,(H,33,36). The summed E-state index contributed by atoms with van der Waals surface area (Å²) in [4.78, 5) is 22.0. The second-order valence-electron chi connectivity index (χ2n) is 9.08. The van der Waals surface area contributed by atoms with Crippen LogP contribution in [0.1, 0.15) is 23.4 Å². The number of nitrogens with one attached hydrogen (secondary N) is 1. The summed E-state index contributed by atoms with van der Waals surface area (Å²) in [5.74, 6) is 0.783. The zero-order valence-electron chi connectivity index (χ0n) is 21.1. The van der Waals surface area contributed by atoms with Crippen molar-refractivity contribution in [3.05, 3.63) is 108 Å². The SMILES string of the molecule is COc1cccc(-c2nc3ccc(-c4cccc(C)c4)cn3c2CCC(=O)NCCc2ccccn2)c1. The van der Waals surface area contributed by atoms with E-state index in [0.29, 0.717) is 25.8 Å². The number of hydrogen-bond donors (Lipinski definition) is 1. The van der Waals surface area contributed by atoms with Crippen molar-refractivity contribution in [2.75, 3.05) is 13.7 Å². The summed E-state index contributed by atoms with van der Waals surface area (Å²) in [6, 6.07) is 26.3. The van der Waals surface area contributed by atoms with Gasteiger partial charge in [-0.15, -0.1) is 0 Å². The number of aryl methyl sites for hydroxylation is 2. The number of aromatic nitrogens is 3. The monoisotopic (exact) mass is 490 g/mol. The molecule has 0 aliphatic heterocycles. The number of amides is 1. The average Bonchev–Trinajstić information content (AvgIpc) is 3.30. The summed E-state index contributed by atoms with van der Waals surface area (Å²) in [5, 5.41) is 3.03. The van der Waals surface area contributed by atoms with Gasteiger partial charge in [0.25, 0.3) is 0 Å². The first kappa shape index (κ1) is 24.3. The van der Waals surface area contributed by atoms with Crippen molar-refractivity contribution >= 4 is 11.6 Å². The van der Waals surface area contributed by atoms with Gasteiger partial charge in [-0.2, -0.15) is 0 Å². The number of rotatable bonds is 9. The number of pyridine rings is 2. The molecule has 0 aliphatic carbocycles. The quantitative estimate of drug-likeness (QED) is 0.289. The van der Waals surface area contributed by atoms with Crippen LogP contribution in [-0.4, -0.2) is 33.9 Å². The highest BCUT2D eigenvalue weighted by Crippen LogP contribution is 2.30. The summed E-state index contributed by atoms with van der Waals surface area (Å²) in [6.07, 6.45) is 5.52. The van der Waals surface area contributed by atoms with Crippen molar-refractivity contribution in [2.24, 2.45) is 0 Å². The smallest absolute Gasteiger partial charge is 0.220 e. The van der Waals surface area contributed by atoms with Gasteiger partial charge in [0, 0.05) is 43.0 Å². The van der Waals surface area contributed by atoms with E-state index >= 15 is 0 Å². The van der Waals surface area contributed by atoms with E-state index < -0.39 is 0 Å². The van der Waals surface area contributed by atoms with Crippen LogP contribution in [0.25, 0.3) is 28.0 Å². The lowest BCUT2D eigenvalue weighted by molar-refractivity contribution is -0.121. The number of imidazole rings is 1. The number of methoxy groups -OCH3 is 1. The average molecular weight is 491 g/mol. The number of ether oxygens (including phenoxy) is 1. The van der Waals surface area contributed by atoms with Crippen LogP contribution in [0.15, 0.2) is 91.3 Å². The predicted octanol–water partition coefficient (Wildman–Crippen LogP) is 5.67. The van der Waals surface area contributed by atoms with Crippen molar-refractivity contribution in [2.45, 2.75) is 26.2 Å². The summed E-state index contributed by atoms with van der Waals surface area (Å²) in [6.45, 7) is 2.65. The van der Waals surface area contributed by atoms with Gasteiger partial charge >= 0.3 is 0 Å². The zero-order chi connectivity index (χ0) is 25.6. The molecule has 5 aromatic rings. The van der Waals surface area contributed by atoms with Crippen LogP contribution in [0.2, 0.25) is 0 Å². The first-order valence-electron chi connectivity index (χ1n) is 12.5. The molecule has 0 saturated carbocycles. The molecule has 37 heavy (non-hydrogen) atoms. The third-order valence-electron chi connectivity index (χ3n) is 6.43. The molecule has 0 fully saturated rings. The third-order valence-corrected chi connectivity index (χ3v) is 6.43. The number of fused-ring (bicyclic) bond motifs is 1. The molecule has 0 aliphatic rings. The lowest BCUT2D eigenvalue weighted by Gasteiger charge is -2.09. The highest BCUT2D eigenvalue weighted by Gasteiger charge is 2.17. The maximum absolute atomic E-state index is 12.8. The van der Waals surface area contributed by atoms with Gasteiger partial charge < -0.3 is 14.5 Å². The molecule has 0 atom stereocenters. The van der Waals surface area contributed by atoms with E-state index in [1.807, 2.05) is 48.5 Å². The minimum atomic E-state index is 0.0114. The Morgan fingerprint density at radius 2 is 1.78 bits per heavy atom. The van der Waals surface area contributed by atoms with Crippen LogP contribution in [0, 0.1) is 6.92 Å². The first-order chi connectivity index (χ1) is 18.1. The predicted molar refractivity (Wildman–Crippen MR) is 147 cm³/mol. The highest BCUT2D eigenvalue weighted by molar-refractivity contribution is 5.77. The fourth-order valence-corrected chi connectivity index (χ4v) is 4.53. The molecule has 3 heterocycles. The van der Waals surface area contributed by atoms with Crippen molar-refractivity contribution in [3.63, 3.8) is 0 Å². The molecule has 2 aromatic carbocycles. The Hall–Kier alpha value is -4.45. The van der Waals surface area contributed by atoms with Gasteiger partial charge in [0.2, 0.25) is 5.91 Å². The molecule has 1 amide bonds. The van der Waals surface area contributed by atoms with Crippen LogP contribution in [0.3, 0.4) is 0 Å². The first-order valence-corrected chi connectivity index (χ1v) is 12.5. The third kappa shape index (κ3) is 5.70. The fraction of sp³-hybridized carbons (Fsp3) is 0.194. The van der Waals surface area contributed by atoms with Crippen LogP contribution in [0.5, 0.6) is 5.75 Å². The van der Waals surface area contributed by atoms with Gasteiger partial charge in [-0.1, -0.05) is 48.0 Å². The van der Waals surface area contributed by atoms with Crippen LogP contribution in [-0.2, 0) is 17.6 Å². The van der Waals surface area contributed by atoms with E-state index in [2.05, 4.69) is 58.2 Å². The number of hydrogen-bond acceptors (Lipinski definition) is 4. The Kier molecular flexibility index (Phi) is 7.26. The molecule has 5 rings (SSSR count). The Morgan fingerprint density at radius 3 is 2.59 bits per heavy atom. The van der Waals surface area contributed by atoms with Crippen molar-refractivity contribution < 1.29 is 9.53 Å². The maximum Gasteiger partial charge on any atom is 0.220 e. The van der Waals surface area contributed by atoms with Gasteiger partial charge in [-0.05, 0) is 60.9 Å². The summed E-state index contributed by atoms with van der Waals surface area (Å²) >= 11 is 0.